The molecular weight excluding hydrogens is 903 g/mol. The van der Waals surface area contributed by atoms with E-state index in [0.29, 0.717) is 49.9 Å². The third-order valence-corrected chi connectivity index (χ3v) is 16.8. The minimum absolute atomic E-state index is 0.0114. The number of amides is 1. The number of nitrogens with one attached hydrogen (secondary N) is 3. The molecule has 5 aromatic rings. The predicted octanol–water partition coefficient (Wildman–Crippen LogP) is 8.45. The number of ether oxygens (including phenoxy) is 4. The van der Waals surface area contributed by atoms with Crippen LogP contribution >= 0.6 is 0 Å². The molecule has 3 aromatic carbocycles. The molecule has 17 nitrogen and oxygen atoms in total. The van der Waals surface area contributed by atoms with E-state index in [4.69, 9.17) is 18.9 Å². The van der Waals surface area contributed by atoms with Crippen LogP contribution in [-0.4, -0.2) is 103 Å². The number of hydrogen-bond acceptors (Lipinski definition) is 14. The first-order valence-corrected chi connectivity index (χ1v) is 25.6. The number of aliphatic hydroxyl groups is 1. The highest BCUT2D eigenvalue weighted by Crippen LogP contribution is 2.53. The second-order valence-electron chi connectivity index (χ2n) is 20.3. The standard InChI is InChI=1S/C51H61N7O10S/c1-31(2)37-7-5-6-8-38(37)42-30-66-22-21-57(42)35-27-51(28-35)16-19-56(20-17-51)34-9-10-39(43(24-34)68-45-23-33-13-18-52-47(33)54-49(45)65-4)48(59)55-69(63,64)36-25-41(58(61)62)46-44(26-36)67-29-40(53-46)32-11-14-50(3,60)15-12-32/h5-10,13,18,23-26,31-32,35,40,42,53,60H,11-12,14-17,19-22,27-30H2,1-4H3,(H,52,54)(H,55,59)/t32?,40-,42+,50?/m1/s1. The van der Waals surface area contributed by atoms with Crippen molar-refractivity contribution in [2.45, 2.75) is 107 Å². The Morgan fingerprint density at radius 1 is 1.00 bits per heavy atom. The number of fused-ring (bicyclic) bond motifs is 2. The monoisotopic (exact) mass is 963 g/mol. The molecule has 0 radical (unpaired) electrons. The minimum atomic E-state index is -4.70. The lowest BCUT2D eigenvalue weighted by molar-refractivity contribution is -0.384. The molecule has 10 rings (SSSR count). The number of nitrogens with zero attached hydrogens (tertiary/aromatic N) is 4. The Morgan fingerprint density at radius 3 is 2.51 bits per heavy atom. The summed E-state index contributed by atoms with van der Waals surface area (Å²) in [6.07, 6.45) is 8.57. The van der Waals surface area contributed by atoms with Gasteiger partial charge in [-0.1, -0.05) is 38.1 Å². The van der Waals surface area contributed by atoms with Gasteiger partial charge in [0.1, 0.15) is 18.0 Å². The molecule has 5 heterocycles. The molecule has 0 unspecified atom stereocenters. The van der Waals surface area contributed by atoms with Gasteiger partial charge in [-0.25, -0.2) is 13.1 Å². The van der Waals surface area contributed by atoms with Crippen LogP contribution in [0.2, 0.25) is 0 Å². The van der Waals surface area contributed by atoms with Gasteiger partial charge in [-0.05, 0) is 111 Å². The van der Waals surface area contributed by atoms with Crippen molar-refractivity contribution in [2.24, 2.45) is 11.3 Å². The van der Waals surface area contributed by atoms with E-state index in [1.807, 2.05) is 6.07 Å². The molecule has 18 heteroatoms. The fourth-order valence-corrected chi connectivity index (χ4v) is 12.4. The molecule has 2 aromatic heterocycles. The lowest BCUT2D eigenvalue weighted by atomic mass is 9.59. The molecule has 0 bridgehead atoms. The number of carbonyl (C=O) groups excluding carboxylic acids is 1. The molecule has 5 aliphatic rings. The zero-order valence-corrected chi connectivity index (χ0v) is 40.3. The SMILES string of the molecule is COc1nc2[nH]ccc2cc1Oc1cc(N2CCC3(CC2)CC(N2CCOC[C@H]2c2ccccc2C(C)C)C3)ccc1C(=O)NS(=O)(=O)c1cc2c(c([N+](=O)[O-])c1)N[C@@H](C1CCC(C)(O)CC1)CO2. The molecular formula is C51H61N7O10S. The highest BCUT2D eigenvalue weighted by atomic mass is 32.2. The molecule has 2 atom stereocenters. The van der Waals surface area contributed by atoms with E-state index in [9.17, 15) is 28.4 Å². The molecule has 2 aliphatic carbocycles. The summed E-state index contributed by atoms with van der Waals surface area (Å²) in [6, 6.07) is 20.0. The van der Waals surface area contributed by atoms with Crippen LogP contribution in [0.1, 0.15) is 106 Å². The minimum Gasteiger partial charge on any atom is -0.489 e. The number of methoxy groups -OCH3 is 1. The number of rotatable bonds is 12. The molecule has 1 amide bonds. The topological polar surface area (TPSA) is 211 Å². The van der Waals surface area contributed by atoms with Gasteiger partial charge in [0.2, 0.25) is 0 Å². The number of carbonyl (C=O) groups is 1. The van der Waals surface area contributed by atoms with E-state index < -0.39 is 37.0 Å². The smallest absolute Gasteiger partial charge is 0.297 e. The van der Waals surface area contributed by atoms with Gasteiger partial charge in [-0.15, -0.1) is 0 Å². The number of sulfonamides is 1. The average molecular weight is 964 g/mol. The first-order valence-electron chi connectivity index (χ1n) is 24.1. The molecule has 366 valence electrons. The molecule has 1 spiro atoms. The maximum atomic E-state index is 14.2. The Balaban J connectivity index is 0.876. The number of anilines is 2. The molecule has 2 saturated carbocycles. The molecule has 3 aliphatic heterocycles. The zero-order chi connectivity index (χ0) is 48.2. The van der Waals surface area contributed by atoms with Crippen LogP contribution in [0, 0.1) is 21.4 Å². The van der Waals surface area contributed by atoms with E-state index in [0.717, 1.165) is 69.1 Å². The number of nitro groups is 1. The first kappa shape index (κ1) is 46.8. The number of aromatic nitrogens is 2. The largest absolute Gasteiger partial charge is 0.489 e. The van der Waals surface area contributed by atoms with Crippen LogP contribution in [0.5, 0.6) is 23.1 Å². The summed E-state index contributed by atoms with van der Waals surface area (Å²) >= 11 is 0. The summed E-state index contributed by atoms with van der Waals surface area (Å²) < 4.78 is 54.4. The lowest BCUT2D eigenvalue weighted by Crippen LogP contribution is -2.58. The fourth-order valence-electron chi connectivity index (χ4n) is 11.4. The van der Waals surface area contributed by atoms with Gasteiger partial charge >= 0.3 is 0 Å². The van der Waals surface area contributed by atoms with Gasteiger partial charge in [0.15, 0.2) is 17.2 Å². The summed E-state index contributed by atoms with van der Waals surface area (Å²) in [7, 11) is -3.25. The van der Waals surface area contributed by atoms with Crippen molar-refractivity contribution in [3.63, 3.8) is 0 Å². The third kappa shape index (κ3) is 9.31. The number of benzene rings is 3. The summed E-state index contributed by atoms with van der Waals surface area (Å²) in [5.41, 5.74) is 3.07. The number of hydrogen-bond donors (Lipinski definition) is 4. The fraction of sp³-hybridized carbons (Fsp3) is 0.490. The van der Waals surface area contributed by atoms with E-state index in [1.54, 1.807) is 31.3 Å². The van der Waals surface area contributed by atoms with Crippen molar-refractivity contribution >= 4 is 44.0 Å². The molecule has 4 N–H and O–H groups in total. The first-order chi connectivity index (χ1) is 33.1. The number of pyridine rings is 1. The van der Waals surface area contributed by atoms with Crippen molar-refractivity contribution in [2.75, 3.05) is 56.8 Å². The van der Waals surface area contributed by atoms with Crippen molar-refractivity contribution in [3.8, 4) is 23.1 Å². The Hall–Kier alpha value is -5.95. The van der Waals surface area contributed by atoms with E-state index in [1.165, 1.54) is 30.4 Å². The van der Waals surface area contributed by atoms with Crippen LogP contribution in [-0.2, 0) is 14.8 Å². The lowest BCUT2D eigenvalue weighted by Gasteiger charge is -2.57. The number of nitro benzene ring substituents is 1. The second-order valence-corrected chi connectivity index (χ2v) is 21.9. The van der Waals surface area contributed by atoms with Gasteiger partial charge in [-0.3, -0.25) is 19.8 Å². The quantitative estimate of drug-likeness (QED) is 0.0683. The van der Waals surface area contributed by atoms with E-state index >= 15 is 0 Å². The summed E-state index contributed by atoms with van der Waals surface area (Å²) in [4.78, 5) is 38.0. The average Bonchev–Trinajstić information content (AvgIpc) is 3.79. The summed E-state index contributed by atoms with van der Waals surface area (Å²) in [5, 5.41) is 26.9. The van der Waals surface area contributed by atoms with Gasteiger partial charge in [-0.2, -0.15) is 4.98 Å². The van der Waals surface area contributed by atoms with Crippen molar-refractivity contribution in [1.29, 1.82) is 0 Å². The number of aromatic amines is 1. The summed E-state index contributed by atoms with van der Waals surface area (Å²) in [5.74, 6) is -0.0695. The Kier molecular flexibility index (Phi) is 12.5. The van der Waals surface area contributed by atoms with Gasteiger partial charge < -0.3 is 39.3 Å². The number of H-pyrrole nitrogens is 1. The zero-order valence-electron chi connectivity index (χ0n) is 39.5. The van der Waals surface area contributed by atoms with E-state index in [2.05, 4.69) is 67.9 Å². The Morgan fingerprint density at radius 2 is 1.77 bits per heavy atom. The maximum Gasteiger partial charge on any atom is 0.297 e. The van der Waals surface area contributed by atoms with Crippen LogP contribution in [0.3, 0.4) is 0 Å². The number of piperidine rings is 1. The molecule has 4 fully saturated rings. The molecule has 69 heavy (non-hydrogen) atoms. The normalized spacial score (nSPS) is 24.0. The third-order valence-electron chi connectivity index (χ3n) is 15.4. The Bertz CT molecular complexity index is 2860. The van der Waals surface area contributed by atoms with Crippen LogP contribution < -0.4 is 29.1 Å². The number of morpholine rings is 1. The molecule has 2 saturated heterocycles. The van der Waals surface area contributed by atoms with Gasteiger partial charge in [0, 0.05) is 61.1 Å². The highest BCUT2D eigenvalue weighted by Gasteiger charge is 2.50. The maximum absolute atomic E-state index is 14.2. The van der Waals surface area contributed by atoms with Crippen molar-refractivity contribution in [3.05, 3.63) is 99.7 Å². The predicted molar refractivity (Wildman–Crippen MR) is 260 cm³/mol. The van der Waals surface area contributed by atoms with Crippen LogP contribution in [0.4, 0.5) is 17.1 Å². The van der Waals surface area contributed by atoms with E-state index in [-0.39, 0.29) is 64.4 Å². The van der Waals surface area contributed by atoms with Gasteiger partial charge in [0.05, 0.1) is 53.4 Å². The second kappa shape index (κ2) is 18.4. The van der Waals surface area contributed by atoms with Crippen LogP contribution in [0.25, 0.3) is 11.0 Å². The van der Waals surface area contributed by atoms with Gasteiger partial charge in [0.25, 0.3) is 27.5 Å². The van der Waals surface area contributed by atoms with Crippen molar-refractivity contribution < 1.29 is 42.2 Å². The van der Waals surface area contributed by atoms with Crippen molar-refractivity contribution in [1.82, 2.24) is 19.6 Å². The van der Waals surface area contributed by atoms with Crippen LogP contribution in [0.15, 0.2) is 77.8 Å². The Labute approximate surface area is 402 Å². The summed E-state index contributed by atoms with van der Waals surface area (Å²) in [6.45, 7) is 10.4. The highest BCUT2D eigenvalue weighted by molar-refractivity contribution is 7.90.